The third-order valence-electron chi connectivity index (χ3n) is 12.3. The summed E-state index contributed by atoms with van der Waals surface area (Å²) in [6.45, 7) is 4.42. The number of ether oxygens (including phenoxy) is 3. The third kappa shape index (κ3) is 53.5. The van der Waals surface area contributed by atoms with Crippen LogP contribution in [-0.4, -0.2) is 66.5 Å². The number of allylic oxidation sites excluding steroid dienone is 14. The predicted molar refractivity (Wildman–Crippen MR) is 307 cm³/mol. The zero-order valence-electron chi connectivity index (χ0n) is 47.0. The fourth-order valence-corrected chi connectivity index (χ4v) is 8.56. The van der Waals surface area contributed by atoms with Crippen LogP contribution in [0.4, 0.5) is 0 Å². The molecule has 0 aliphatic rings. The van der Waals surface area contributed by atoms with E-state index < -0.39 is 57.8 Å². The van der Waals surface area contributed by atoms with Gasteiger partial charge >= 0.3 is 25.7 Å². The quantitative estimate of drug-likeness (QED) is 0.0197. The van der Waals surface area contributed by atoms with Gasteiger partial charge in [0, 0.05) is 19.3 Å². The molecule has 0 spiro atoms. The summed E-state index contributed by atoms with van der Waals surface area (Å²) in [5, 5.41) is 9.79. The maximum atomic E-state index is 12.9. The second-order valence-electron chi connectivity index (χ2n) is 19.4. The number of carbonyl (C=O) groups excluding carboxylic acids is 3. The number of rotatable bonds is 54. The molecule has 0 heterocycles. The number of aliphatic hydroxyl groups is 1. The Hall–Kier alpha value is -3.34. The maximum Gasteiger partial charge on any atom is 0.472 e. The van der Waals surface area contributed by atoms with Crippen molar-refractivity contribution in [3.05, 3.63) is 85.1 Å². The zero-order valence-corrected chi connectivity index (χ0v) is 47.9. The first-order valence-corrected chi connectivity index (χ1v) is 31.0. The Balaban J connectivity index is 4.80. The molecule has 0 bridgehead atoms. The van der Waals surface area contributed by atoms with E-state index >= 15 is 0 Å². The van der Waals surface area contributed by atoms with E-state index in [4.69, 9.17) is 23.3 Å². The van der Waals surface area contributed by atoms with Gasteiger partial charge in [0.05, 0.1) is 19.8 Å². The molecule has 3 unspecified atom stereocenters. The van der Waals surface area contributed by atoms with Gasteiger partial charge in [-0.1, -0.05) is 215 Å². The minimum atomic E-state index is -4.76. The predicted octanol–water partition coefficient (Wildman–Crippen LogP) is 17.5. The van der Waals surface area contributed by atoms with Crippen LogP contribution < -0.4 is 0 Å². The Kier molecular flexibility index (Phi) is 53.4. The average molecular weight is 1060 g/mol. The van der Waals surface area contributed by atoms with Crippen LogP contribution >= 0.6 is 7.82 Å². The summed E-state index contributed by atoms with van der Waals surface area (Å²) in [6, 6.07) is 0. The number of phosphoric acid groups is 1. The topological polar surface area (TPSA) is 155 Å². The summed E-state index contributed by atoms with van der Waals surface area (Å²) in [7, 11) is -4.76. The lowest BCUT2D eigenvalue weighted by Gasteiger charge is -2.21. The van der Waals surface area contributed by atoms with Gasteiger partial charge in [-0.15, -0.1) is 0 Å². The monoisotopic (exact) mass is 1060 g/mol. The van der Waals surface area contributed by atoms with Crippen molar-refractivity contribution in [1.82, 2.24) is 0 Å². The molecule has 12 heteroatoms. The first-order valence-electron chi connectivity index (χ1n) is 29.5. The highest BCUT2D eigenvalue weighted by Crippen LogP contribution is 2.43. The number of phosphoric ester groups is 1. The van der Waals surface area contributed by atoms with E-state index in [9.17, 15) is 28.9 Å². The molecule has 0 aromatic heterocycles. The fraction of sp³-hybridized carbons (Fsp3) is 0.726. The van der Waals surface area contributed by atoms with Crippen LogP contribution in [0.15, 0.2) is 85.1 Å². The van der Waals surface area contributed by atoms with Crippen LogP contribution in [0.1, 0.15) is 252 Å². The molecule has 0 aliphatic heterocycles. The van der Waals surface area contributed by atoms with Crippen LogP contribution in [0.3, 0.4) is 0 Å². The molecule has 0 fully saturated rings. The van der Waals surface area contributed by atoms with Gasteiger partial charge in [-0.3, -0.25) is 23.4 Å². The molecule has 74 heavy (non-hydrogen) atoms. The minimum Gasteiger partial charge on any atom is -0.462 e. The van der Waals surface area contributed by atoms with Crippen LogP contribution in [0.25, 0.3) is 0 Å². The molecule has 0 aliphatic carbocycles. The molecule has 11 nitrogen and oxygen atoms in total. The Labute approximate surface area is 451 Å². The fourth-order valence-electron chi connectivity index (χ4n) is 7.78. The van der Waals surface area contributed by atoms with Gasteiger partial charge in [0.2, 0.25) is 0 Å². The Morgan fingerprint density at radius 2 is 0.730 bits per heavy atom. The van der Waals surface area contributed by atoms with E-state index in [1.807, 2.05) is 6.08 Å². The first-order chi connectivity index (χ1) is 36.2. The zero-order chi connectivity index (χ0) is 54.1. The van der Waals surface area contributed by atoms with E-state index in [2.05, 4.69) is 99.8 Å². The number of unbranched alkanes of at least 4 members (excludes halogenated alkanes) is 23. The van der Waals surface area contributed by atoms with E-state index in [0.29, 0.717) is 25.7 Å². The van der Waals surface area contributed by atoms with Crippen molar-refractivity contribution < 1.29 is 52.2 Å². The van der Waals surface area contributed by atoms with Crippen molar-refractivity contribution in [2.24, 2.45) is 0 Å². The van der Waals surface area contributed by atoms with Crippen LogP contribution in [0.5, 0.6) is 0 Å². The molecule has 0 aromatic carbocycles. The van der Waals surface area contributed by atoms with Crippen molar-refractivity contribution in [3.63, 3.8) is 0 Å². The van der Waals surface area contributed by atoms with Gasteiger partial charge in [-0.25, -0.2) is 4.57 Å². The first kappa shape index (κ1) is 70.7. The van der Waals surface area contributed by atoms with Gasteiger partial charge < -0.3 is 24.2 Å². The van der Waals surface area contributed by atoms with Crippen LogP contribution in [0.2, 0.25) is 0 Å². The lowest BCUT2D eigenvalue weighted by atomic mass is 10.1. The molecule has 0 radical (unpaired) electrons. The summed E-state index contributed by atoms with van der Waals surface area (Å²) >= 11 is 0. The Morgan fingerprint density at radius 3 is 1.18 bits per heavy atom. The van der Waals surface area contributed by atoms with Gasteiger partial charge in [-0.2, -0.15) is 0 Å². The Bertz CT molecular complexity index is 1560. The minimum absolute atomic E-state index is 0.145. The van der Waals surface area contributed by atoms with Crippen molar-refractivity contribution in [2.75, 3.05) is 26.4 Å². The third-order valence-corrected chi connectivity index (χ3v) is 13.2. The summed E-state index contributed by atoms with van der Waals surface area (Å²) in [5.41, 5.74) is 0. The molecule has 3 atom stereocenters. The van der Waals surface area contributed by atoms with E-state index in [-0.39, 0.29) is 25.9 Å². The molecule has 0 amide bonds. The second kappa shape index (κ2) is 55.9. The van der Waals surface area contributed by atoms with E-state index in [1.165, 1.54) is 96.3 Å². The normalized spacial score (nSPS) is 14.0. The van der Waals surface area contributed by atoms with Crippen LogP contribution in [0, 0.1) is 0 Å². The standard InChI is InChI=1S/C62H107O11P/c1-4-7-10-13-16-19-22-24-26-28-29-31-33-35-38-41-44-47-50-53-62(66)73-59(55-69-60(64)51-48-45-42-39-37-34-32-30-27-25-23-20-17-14-11-8-5-2)57-71-74(67,68)70-56-58(54-63)72-61(65)52-49-46-43-40-36-21-18-15-12-9-6-3/h8,11,15,17-18,20,24-27,32,34,39,42,58-59,63H,4-7,9-10,12-14,16,19,21-23,28-31,33,35-38,40-41,43-57H2,1-3H3,(H,67,68)/b11-8-,18-15-,20-17-,26-24-,27-25-,34-32-,42-39-. The van der Waals surface area contributed by atoms with Crippen LogP contribution in [-0.2, 0) is 42.2 Å². The average Bonchev–Trinajstić information content (AvgIpc) is 3.39. The molecule has 0 rings (SSSR count). The van der Waals surface area contributed by atoms with Gasteiger partial charge in [-0.05, 0) is 103 Å². The smallest absolute Gasteiger partial charge is 0.462 e. The molecule has 0 saturated carbocycles. The van der Waals surface area contributed by atoms with Crippen molar-refractivity contribution >= 4 is 25.7 Å². The Morgan fingerprint density at radius 1 is 0.392 bits per heavy atom. The lowest BCUT2D eigenvalue weighted by molar-refractivity contribution is -0.161. The van der Waals surface area contributed by atoms with Crippen molar-refractivity contribution in [2.45, 2.75) is 264 Å². The highest BCUT2D eigenvalue weighted by atomic mass is 31.2. The number of aliphatic hydroxyl groups excluding tert-OH is 1. The highest BCUT2D eigenvalue weighted by Gasteiger charge is 2.28. The molecule has 0 aromatic rings. The second-order valence-corrected chi connectivity index (χ2v) is 20.9. The summed E-state index contributed by atoms with van der Waals surface area (Å²) in [5.74, 6) is -1.55. The van der Waals surface area contributed by atoms with Gasteiger partial charge in [0.1, 0.15) is 12.7 Å². The van der Waals surface area contributed by atoms with Gasteiger partial charge in [0.15, 0.2) is 6.10 Å². The molecule has 2 N–H and O–H groups in total. The SMILES string of the molecule is CC/C=C\C/C=C\C/C=C\C/C=C\C/C=C\CCCC(=O)OCC(COP(=O)(O)OCC(CO)OC(=O)CCCCCCC/C=C\CCCC)OC(=O)CCCCCCCCCCC/C=C\CCCCCCCC. The number of hydrogen-bond donors (Lipinski definition) is 2. The van der Waals surface area contributed by atoms with Crippen molar-refractivity contribution in [1.29, 1.82) is 0 Å². The van der Waals surface area contributed by atoms with E-state index in [0.717, 1.165) is 89.9 Å². The number of carbonyl (C=O) groups is 3. The van der Waals surface area contributed by atoms with E-state index in [1.54, 1.807) is 0 Å². The largest absolute Gasteiger partial charge is 0.472 e. The highest BCUT2D eigenvalue weighted by molar-refractivity contribution is 7.47. The number of hydrogen-bond acceptors (Lipinski definition) is 10. The summed E-state index contributed by atoms with van der Waals surface area (Å²) in [4.78, 5) is 48.5. The summed E-state index contributed by atoms with van der Waals surface area (Å²) < 4.78 is 39.5. The van der Waals surface area contributed by atoms with Crippen molar-refractivity contribution in [3.8, 4) is 0 Å². The molecular formula is C62H107O11P. The lowest BCUT2D eigenvalue weighted by Crippen LogP contribution is -2.30. The maximum absolute atomic E-state index is 12.9. The molecule has 0 saturated heterocycles. The molecular weight excluding hydrogens is 952 g/mol. The van der Waals surface area contributed by atoms with Gasteiger partial charge in [0.25, 0.3) is 0 Å². The molecule has 426 valence electrons. The number of esters is 3. The summed E-state index contributed by atoms with van der Waals surface area (Å²) in [6.07, 6.45) is 64.1.